The first-order valence-electron chi connectivity index (χ1n) is 11.8. The molecule has 1 aliphatic carbocycles. The van der Waals surface area contributed by atoms with E-state index in [4.69, 9.17) is 0 Å². The fourth-order valence-electron chi connectivity index (χ4n) is 5.04. The van der Waals surface area contributed by atoms with Crippen LogP contribution in [-0.2, 0) is 6.42 Å². The van der Waals surface area contributed by atoms with E-state index in [0.29, 0.717) is 11.5 Å². The number of likely N-dealkylation sites (tertiary alicyclic amines) is 1. The van der Waals surface area contributed by atoms with Gasteiger partial charge in [0.05, 0.1) is 0 Å². The summed E-state index contributed by atoms with van der Waals surface area (Å²) in [5.41, 5.74) is 3.96. The number of carbonyl (C=O) groups excluding carboxylic acids is 2. The van der Waals surface area contributed by atoms with Crippen molar-refractivity contribution in [3.63, 3.8) is 0 Å². The van der Waals surface area contributed by atoms with Crippen LogP contribution in [0.5, 0.6) is 0 Å². The average molecular weight is 419 g/mol. The van der Waals surface area contributed by atoms with Crippen LogP contribution in [0.3, 0.4) is 0 Å². The third-order valence-electron chi connectivity index (χ3n) is 6.84. The van der Waals surface area contributed by atoms with Crippen LogP contribution in [0.4, 0.5) is 0 Å². The summed E-state index contributed by atoms with van der Waals surface area (Å²) < 4.78 is 0. The van der Waals surface area contributed by atoms with Gasteiger partial charge in [-0.3, -0.25) is 9.59 Å². The maximum atomic E-state index is 13.1. The van der Waals surface area contributed by atoms with Crippen LogP contribution < -0.4 is 5.32 Å². The molecule has 164 valence electrons. The topological polar surface area (TPSA) is 49.4 Å². The zero-order valence-corrected chi connectivity index (χ0v) is 18.8. The lowest BCUT2D eigenvalue weighted by atomic mass is 9.80. The van der Waals surface area contributed by atoms with Crippen molar-refractivity contribution in [1.29, 1.82) is 0 Å². The van der Waals surface area contributed by atoms with Crippen molar-refractivity contribution < 1.29 is 9.59 Å². The van der Waals surface area contributed by atoms with E-state index in [-0.39, 0.29) is 23.7 Å². The van der Waals surface area contributed by atoms with Gasteiger partial charge in [0.25, 0.3) is 5.91 Å². The highest BCUT2D eigenvalue weighted by atomic mass is 16.1. The molecule has 1 atom stereocenters. The average Bonchev–Trinajstić information content (AvgIpc) is 2.79. The summed E-state index contributed by atoms with van der Waals surface area (Å²) in [6.45, 7) is 7.14. The minimum Gasteiger partial charge on any atom is -0.350 e. The molecule has 1 N–H and O–H groups in total. The fraction of sp³-hybridized carbons (Fsp3) is 0.481. The number of ketones is 1. The van der Waals surface area contributed by atoms with Crippen LogP contribution in [0, 0.1) is 5.92 Å². The minimum atomic E-state index is -0.0636. The Labute approximate surface area is 186 Å². The van der Waals surface area contributed by atoms with Gasteiger partial charge in [-0.1, -0.05) is 36.4 Å². The van der Waals surface area contributed by atoms with Gasteiger partial charge in [0, 0.05) is 23.1 Å². The van der Waals surface area contributed by atoms with E-state index < -0.39 is 0 Å². The number of piperidine rings is 1. The number of Topliss-reactive ketones (excluding diaryl/α,β-unsaturated/α-hetero) is 1. The number of nitrogens with one attached hydrogen (secondary N) is 1. The number of fused-ring (bicyclic) bond motifs is 1. The van der Waals surface area contributed by atoms with Crippen LogP contribution in [0.1, 0.15) is 77.3 Å². The molecule has 0 spiro atoms. The lowest BCUT2D eigenvalue weighted by Gasteiger charge is -2.33. The number of hydrogen-bond donors (Lipinski definition) is 1. The standard InChI is InChI=1S/C27H34N2O2/c1-19(2)28-27(31)24-10-11-25-23(18-24)9-8-22(26(25)30)14-17-29-15-12-21(13-16-29)20-6-4-3-5-7-20/h3-7,10-11,18-19,21-22H,8-9,12-17H2,1-2H3,(H,28,31). The van der Waals surface area contributed by atoms with E-state index in [1.807, 2.05) is 26.0 Å². The number of carbonyl (C=O) groups is 2. The predicted octanol–water partition coefficient (Wildman–Crippen LogP) is 4.84. The maximum absolute atomic E-state index is 13.1. The molecule has 4 heteroatoms. The summed E-state index contributed by atoms with van der Waals surface area (Å²) in [4.78, 5) is 27.9. The third kappa shape index (κ3) is 5.24. The molecule has 0 radical (unpaired) electrons. The Balaban J connectivity index is 1.30. The van der Waals surface area contributed by atoms with Crippen LogP contribution in [0.15, 0.2) is 48.5 Å². The van der Waals surface area contributed by atoms with Gasteiger partial charge in [-0.15, -0.1) is 0 Å². The second-order valence-corrected chi connectivity index (χ2v) is 9.42. The van der Waals surface area contributed by atoms with Crippen LogP contribution in [-0.4, -0.2) is 42.3 Å². The van der Waals surface area contributed by atoms with Gasteiger partial charge in [-0.05, 0) is 94.8 Å². The number of amides is 1. The molecule has 0 saturated carbocycles. The lowest BCUT2D eigenvalue weighted by molar-refractivity contribution is 0.0875. The van der Waals surface area contributed by atoms with E-state index in [1.54, 1.807) is 6.07 Å². The molecule has 4 nitrogen and oxygen atoms in total. The van der Waals surface area contributed by atoms with Gasteiger partial charge in [-0.2, -0.15) is 0 Å². The number of nitrogens with zero attached hydrogens (tertiary/aromatic N) is 1. The third-order valence-corrected chi connectivity index (χ3v) is 6.84. The van der Waals surface area contributed by atoms with Gasteiger partial charge in [0.1, 0.15) is 0 Å². The zero-order chi connectivity index (χ0) is 21.8. The zero-order valence-electron chi connectivity index (χ0n) is 18.8. The van der Waals surface area contributed by atoms with E-state index in [9.17, 15) is 9.59 Å². The van der Waals surface area contributed by atoms with E-state index >= 15 is 0 Å². The van der Waals surface area contributed by atoms with Crippen LogP contribution in [0.2, 0.25) is 0 Å². The molecule has 1 fully saturated rings. The first kappa shape index (κ1) is 21.8. The molecular weight excluding hydrogens is 384 g/mol. The van der Waals surface area contributed by atoms with Gasteiger partial charge >= 0.3 is 0 Å². The number of hydrogen-bond acceptors (Lipinski definition) is 3. The molecule has 1 amide bonds. The van der Waals surface area contributed by atoms with Crippen molar-refractivity contribution in [2.75, 3.05) is 19.6 Å². The Bertz CT molecular complexity index is 914. The summed E-state index contributed by atoms with van der Waals surface area (Å²) >= 11 is 0. The first-order chi connectivity index (χ1) is 15.0. The van der Waals surface area contributed by atoms with Crippen molar-refractivity contribution in [1.82, 2.24) is 10.2 Å². The van der Waals surface area contributed by atoms with Gasteiger partial charge in [0.15, 0.2) is 5.78 Å². The van der Waals surface area contributed by atoms with Gasteiger partial charge in [-0.25, -0.2) is 0 Å². The summed E-state index contributed by atoms with van der Waals surface area (Å²) in [5, 5.41) is 2.93. The maximum Gasteiger partial charge on any atom is 0.251 e. The van der Waals surface area contributed by atoms with Crippen molar-refractivity contribution >= 4 is 11.7 Å². The van der Waals surface area contributed by atoms with Gasteiger partial charge < -0.3 is 10.2 Å². The normalized spacial score (nSPS) is 20.0. The highest BCUT2D eigenvalue weighted by Gasteiger charge is 2.29. The summed E-state index contributed by atoms with van der Waals surface area (Å²) in [6.07, 6.45) is 5.11. The smallest absolute Gasteiger partial charge is 0.251 e. The second kappa shape index (κ2) is 9.78. The van der Waals surface area contributed by atoms with Crippen molar-refractivity contribution in [2.45, 2.75) is 57.9 Å². The molecule has 31 heavy (non-hydrogen) atoms. The Morgan fingerprint density at radius 1 is 1.06 bits per heavy atom. The Hall–Kier alpha value is -2.46. The van der Waals surface area contributed by atoms with Crippen LogP contribution in [0.25, 0.3) is 0 Å². The first-order valence-corrected chi connectivity index (χ1v) is 11.8. The second-order valence-electron chi connectivity index (χ2n) is 9.42. The van der Waals surface area contributed by atoms with Crippen molar-refractivity contribution in [3.05, 3.63) is 70.8 Å². The largest absolute Gasteiger partial charge is 0.350 e. The quantitative estimate of drug-likeness (QED) is 0.730. The summed E-state index contributed by atoms with van der Waals surface area (Å²) in [7, 11) is 0. The van der Waals surface area contributed by atoms with E-state index in [1.165, 1.54) is 18.4 Å². The molecule has 2 aliphatic rings. The highest BCUT2D eigenvalue weighted by molar-refractivity contribution is 6.02. The highest BCUT2D eigenvalue weighted by Crippen LogP contribution is 2.31. The van der Waals surface area contributed by atoms with Crippen molar-refractivity contribution in [2.24, 2.45) is 5.92 Å². The molecule has 4 rings (SSSR count). The molecule has 1 unspecified atom stereocenters. The number of benzene rings is 2. The Kier molecular flexibility index (Phi) is 6.86. The SMILES string of the molecule is CC(C)NC(=O)c1ccc2c(c1)CCC(CCN1CCC(c3ccccc3)CC1)C2=O. The minimum absolute atomic E-state index is 0.0636. The molecule has 2 aromatic carbocycles. The van der Waals surface area contributed by atoms with Gasteiger partial charge in [0.2, 0.25) is 0 Å². The molecule has 0 bridgehead atoms. The summed E-state index contributed by atoms with van der Waals surface area (Å²) in [6, 6.07) is 16.5. The summed E-state index contributed by atoms with van der Waals surface area (Å²) in [5.74, 6) is 0.972. The number of rotatable bonds is 6. The lowest BCUT2D eigenvalue weighted by Crippen LogP contribution is -2.36. The monoisotopic (exact) mass is 418 g/mol. The fourth-order valence-corrected chi connectivity index (χ4v) is 5.04. The van der Waals surface area contributed by atoms with Crippen LogP contribution >= 0.6 is 0 Å². The van der Waals surface area contributed by atoms with E-state index in [0.717, 1.165) is 50.0 Å². The number of aryl methyl sites for hydroxylation is 1. The molecule has 0 aromatic heterocycles. The molecule has 2 aromatic rings. The molecule has 1 saturated heterocycles. The molecule has 1 aliphatic heterocycles. The molecule has 1 heterocycles. The van der Waals surface area contributed by atoms with E-state index in [2.05, 4.69) is 40.5 Å². The Morgan fingerprint density at radius 3 is 2.52 bits per heavy atom. The predicted molar refractivity (Wildman–Crippen MR) is 125 cm³/mol. The van der Waals surface area contributed by atoms with Crippen molar-refractivity contribution in [3.8, 4) is 0 Å². The Morgan fingerprint density at radius 2 is 1.81 bits per heavy atom. The molecular formula is C27H34N2O2.